The van der Waals surface area contributed by atoms with Crippen molar-refractivity contribution in [3.05, 3.63) is 40.8 Å². The number of thioether (sulfide) groups is 1. The Kier molecular flexibility index (Phi) is 6.45. The number of amides is 2. The smallest absolute Gasteiger partial charge is 0.266 e. The number of aliphatic hydroxyl groups excluding tert-OH is 1. The molecule has 2 heterocycles. The van der Waals surface area contributed by atoms with Crippen molar-refractivity contribution in [2.75, 3.05) is 19.7 Å². The summed E-state index contributed by atoms with van der Waals surface area (Å²) in [5.41, 5.74) is 0.929. The van der Waals surface area contributed by atoms with E-state index in [4.69, 9.17) is 12.2 Å². The molecule has 26 heavy (non-hydrogen) atoms. The normalized spacial score (nSPS) is 22.3. The van der Waals surface area contributed by atoms with E-state index in [1.807, 2.05) is 30.3 Å². The number of hydrogen-bond acceptors (Lipinski definition) is 5. The van der Waals surface area contributed by atoms with Gasteiger partial charge in [0.15, 0.2) is 0 Å². The second-order valence-electron chi connectivity index (χ2n) is 6.43. The van der Waals surface area contributed by atoms with E-state index >= 15 is 0 Å². The van der Waals surface area contributed by atoms with Crippen molar-refractivity contribution in [3.8, 4) is 0 Å². The van der Waals surface area contributed by atoms with Gasteiger partial charge in [0.05, 0.1) is 4.91 Å². The molecule has 3 rings (SSSR count). The van der Waals surface area contributed by atoms with Gasteiger partial charge in [-0.3, -0.25) is 14.5 Å². The highest BCUT2D eigenvalue weighted by molar-refractivity contribution is 8.26. The van der Waals surface area contributed by atoms with Crippen LogP contribution in [0.5, 0.6) is 0 Å². The third kappa shape index (κ3) is 4.34. The molecule has 2 saturated heterocycles. The minimum Gasteiger partial charge on any atom is -0.396 e. The minimum atomic E-state index is -0.215. The van der Waals surface area contributed by atoms with Gasteiger partial charge in [-0.1, -0.05) is 54.3 Å². The van der Waals surface area contributed by atoms with Crippen LogP contribution < -0.4 is 0 Å². The first-order chi connectivity index (χ1) is 12.6. The maximum atomic E-state index is 12.8. The first kappa shape index (κ1) is 19.1. The van der Waals surface area contributed by atoms with E-state index in [1.165, 1.54) is 16.7 Å². The molecule has 1 unspecified atom stereocenters. The van der Waals surface area contributed by atoms with Crippen LogP contribution >= 0.6 is 24.0 Å². The first-order valence-corrected chi connectivity index (χ1v) is 10.0. The van der Waals surface area contributed by atoms with E-state index in [0.29, 0.717) is 22.2 Å². The van der Waals surface area contributed by atoms with Crippen LogP contribution in [0, 0.1) is 0 Å². The van der Waals surface area contributed by atoms with Crippen molar-refractivity contribution >= 4 is 46.2 Å². The van der Waals surface area contributed by atoms with Crippen molar-refractivity contribution in [1.82, 2.24) is 9.80 Å². The summed E-state index contributed by atoms with van der Waals surface area (Å²) in [5, 5.41) is 9.23. The predicted molar refractivity (Wildman–Crippen MR) is 107 cm³/mol. The zero-order valence-electron chi connectivity index (χ0n) is 14.5. The monoisotopic (exact) mass is 390 g/mol. The van der Waals surface area contributed by atoms with Crippen LogP contribution in [-0.2, 0) is 9.59 Å². The topological polar surface area (TPSA) is 60.9 Å². The van der Waals surface area contributed by atoms with Gasteiger partial charge in [0.25, 0.3) is 5.91 Å². The van der Waals surface area contributed by atoms with Gasteiger partial charge in [0, 0.05) is 19.2 Å². The highest BCUT2D eigenvalue weighted by Gasteiger charge is 2.35. The molecule has 5 nitrogen and oxygen atoms in total. The summed E-state index contributed by atoms with van der Waals surface area (Å²) in [6.07, 6.45) is 5.31. The second-order valence-corrected chi connectivity index (χ2v) is 8.10. The Balaban J connectivity index is 1.69. The van der Waals surface area contributed by atoms with Crippen molar-refractivity contribution in [3.63, 3.8) is 0 Å². The Morgan fingerprint density at radius 2 is 2.08 bits per heavy atom. The SMILES string of the molecule is O=C1/C(=C\c2ccccc2)SC(=S)N1CC(=O)N1CCCCC1CCO. The summed E-state index contributed by atoms with van der Waals surface area (Å²) in [5.74, 6) is -0.312. The summed E-state index contributed by atoms with van der Waals surface area (Å²) in [7, 11) is 0. The molecule has 7 heteroatoms. The molecule has 2 amide bonds. The number of carbonyl (C=O) groups is 2. The molecule has 138 valence electrons. The predicted octanol–water partition coefficient (Wildman–Crippen LogP) is 2.65. The van der Waals surface area contributed by atoms with Crippen LogP contribution in [0.4, 0.5) is 0 Å². The lowest BCUT2D eigenvalue weighted by molar-refractivity contribution is -0.138. The number of thiocarbonyl (C=S) groups is 1. The molecule has 2 fully saturated rings. The van der Waals surface area contributed by atoms with Crippen molar-refractivity contribution < 1.29 is 14.7 Å². The lowest BCUT2D eigenvalue weighted by Crippen LogP contribution is -2.49. The lowest BCUT2D eigenvalue weighted by atomic mass is 9.99. The molecular weight excluding hydrogens is 368 g/mol. The van der Waals surface area contributed by atoms with Crippen LogP contribution in [0.25, 0.3) is 6.08 Å². The lowest BCUT2D eigenvalue weighted by Gasteiger charge is -2.36. The number of piperidine rings is 1. The fourth-order valence-corrected chi connectivity index (χ4v) is 4.60. The molecule has 1 atom stereocenters. The van der Waals surface area contributed by atoms with Crippen molar-refractivity contribution in [2.24, 2.45) is 0 Å². The average Bonchev–Trinajstić information content (AvgIpc) is 2.90. The molecule has 0 radical (unpaired) electrons. The van der Waals surface area contributed by atoms with Crippen LogP contribution in [0.15, 0.2) is 35.2 Å². The molecule has 1 aromatic carbocycles. The maximum Gasteiger partial charge on any atom is 0.266 e. The van der Waals surface area contributed by atoms with Crippen LogP contribution in [0.2, 0.25) is 0 Å². The van der Waals surface area contributed by atoms with Gasteiger partial charge < -0.3 is 10.0 Å². The maximum absolute atomic E-state index is 12.8. The number of likely N-dealkylation sites (tertiary alicyclic amines) is 1. The van der Waals surface area contributed by atoms with E-state index in [-0.39, 0.29) is 31.0 Å². The fraction of sp³-hybridized carbons (Fsp3) is 0.421. The number of rotatable bonds is 5. The minimum absolute atomic E-state index is 0.0290. The standard InChI is InChI=1S/C19H22N2O3S2/c22-11-9-15-8-4-5-10-20(15)17(23)13-21-18(24)16(26-19(21)25)12-14-6-2-1-3-7-14/h1-3,6-7,12,15,22H,4-5,8-11,13H2/b16-12+. The van der Waals surface area contributed by atoms with Gasteiger partial charge in [-0.15, -0.1) is 0 Å². The van der Waals surface area contributed by atoms with E-state index in [2.05, 4.69) is 0 Å². The molecule has 0 bridgehead atoms. The molecule has 0 spiro atoms. The third-order valence-electron chi connectivity index (χ3n) is 4.67. The highest BCUT2D eigenvalue weighted by Crippen LogP contribution is 2.32. The summed E-state index contributed by atoms with van der Waals surface area (Å²) < 4.78 is 0.418. The fourth-order valence-electron chi connectivity index (χ4n) is 3.34. The summed E-state index contributed by atoms with van der Waals surface area (Å²) in [4.78, 5) is 29.2. The van der Waals surface area contributed by atoms with Gasteiger partial charge >= 0.3 is 0 Å². The summed E-state index contributed by atoms with van der Waals surface area (Å²) in [6.45, 7) is 0.714. The van der Waals surface area contributed by atoms with Crippen LogP contribution in [0.1, 0.15) is 31.2 Å². The number of hydrogen-bond donors (Lipinski definition) is 1. The highest BCUT2D eigenvalue weighted by atomic mass is 32.2. The molecule has 2 aliphatic rings. The Morgan fingerprint density at radius 3 is 2.81 bits per heavy atom. The van der Waals surface area contributed by atoms with Gasteiger partial charge in [-0.2, -0.15) is 0 Å². The molecule has 1 N–H and O–H groups in total. The zero-order chi connectivity index (χ0) is 18.5. The van der Waals surface area contributed by atoms with Crippen molar-refractivity contribution in [2.45, 2.75) is 31.7 Å². The average molecular weight is 391 g/mol. The second kappa shape index (κ2) is 8.79. The molecule has 0 aromatic heterocycles. The van der Waals surface area contributed by atoms with Gasteiger partial charge in [-0.05, 0) is 37.3 Å². The van der Waals surface area contributed by atoms with Crippen molar-refractivity contribution in [1.29, 1.82) is 0 Å². The Labute approximate surface area is 163 Å². The van der Waals surface area contributed by atoms with Crippen LogP contribution in [0.3, 0.4) is 0 Å². The molecular formula is C19H22N2O3S2. The zero-order valence-corrected chi connectivity index (χ0v) is 16.1. The van der Waals surface area contributed by atoms with Gasteiger partial charge in [0.2, 0.25) is 5.91 Å². The molecule has 2 aliphatic heterocycles. The largest absolute Gasteiger partial charge is 0.396 e. The van der Waals surface area contributed by atoms with Crippen LogP contribution in [-0.4, -0.2) is 56.8 Å². The van der Waals surface area contributed by atoms with E-state index in [0.717, 1.165) is 24.8 Å². The molecule has 0 aliphatic carbocycles. The number of nitrogens with zero attached hydrogens (tertiary/aromatic N) is 2. The molecule has 1 aromatic rings. The van der Waals surface area contributed by atoms with Gasteiger partial charge in [0.1, 0.15) is 10.9 Å². The number of carbonyl (C=O) groups excluding carboxylic acids is 2. The van der Waals surface area contributed by atoms with E-state index < -0.39 is 0 Å². The van der Waals surface area contributed by atoms with Gasteiger partial charge in [-0.25, -0.2) is 0 Å². The Bertz CT molecular complexity index is 719. The molecule has 0 saturated carbocycles. The van der Waals surface area contributed by atoms with E-state index in [1.54, 1.807) is 11.0 Å². The summed E-state index contributed by atoms with van der Waals surface area (Å²) >= 11 is 6.56. The van der Waals surface area contributed by atoms with E-state index in [9.17, 15) is 14.7 Å². The number of benzene rings is 1. The Morgan fingerprint density at radius 1 is 1.31 bits per heavy atom. The first-order valence-electron chi connectivity index (χ1n) is 8.81. The quantitative estimate of drug-likeness (QED) is 0.619. The Hall–Kier alpha value is -1.70. The number of aliphatic hydroxyl groups is 1. The third-order valence-corrected chi connectivity index (χ3v) is 6.05. The summed E-state index contributed by atoms with van der Waals surface area (Å²) in [6, 6.07) is 9.64.